The fourth-order valence-electron chi connectivity index (χ4n) is 2.87. The number of alkyl halides is 3. The Kier molecular flexibility index (Phi) is 9.05. The Bertz CT molecular complexity index is 1070. The van der Waals surface area contributed by atoms with Gasteiger partial charge in [0.05, 0.1) is 6.61 Å². The summed E-state index contributed by atoms with van der Waals surface area (Å²) in [7, 11) is 2.73. The van der Waals surface area contributed by atoms with E-state index < -0.39 is 41.3 Å². The number of thioether (sulfide) groups is 1. The van der Waals surface area contributed by atoms with Crippen LogP contribution in [-0.4, -0.2) is 93.7 Å². The van der Waals surface area contributed by atoms with Gasteiger partial charge < -0.3 is 30.8 Å². The summed E-state index contributed by atoms with van der Waals surface area (Å²) >= 11 is 2.47. The molecule has 0 aromatic carbocycles. The summed E-state index contributed by atoms with van der Waals surface area (Å²) in [6, 6.07) is -0.894. The van der Waals surface area contributed by atoms with Crippen molar-refractivity contribution in [2.45, 2.75) is 17.6 Å². The van der Waals surface area contributed by atoms with Gasteiger partial charge in [-0.1, -0.05) is 5.16 Å². The third-order valence-electron chi connectivity index (χ3n) is 4.26. The molecule has 35 heavy (non-hydrogen) atoms. The number of fused-ring (bicyclic) bond motifs is 1. The monoisotopic (exact) mass is 541 g/mol. The molecule has 192 valence electrons. The lowest BCUT2D eigenvalue weighted by molar-refractivity contribution is -0.192. The summed E-state index contributed by atoms with van der Waals surface area (Å²) in [5, 5.41) is 24.1. The highest BCUT2D eigenvalue weighted by molar-refractivity contribution is 8.00. The quantitative estimate of drug-likeness (QED) is 0.208. The minimum atomic E-state index is -5.08. The van der Waals surface area contributed by atoms with E-state index in [4.69, 9.17) is 25.2 Å². The summed E-state index contributed by atoms with van der Waals surface area (Å²) in [4.78, 5) is 55.6. The third kappa shape index (κ3) is 6.40. The molecule has 18 heteroatoms. The summed E-state index contributed by atoms with van der Waals surface area (Å²) in [6.07, 6.45) is -5.08. The number of oxime groups is 1. The number of methoxy groups -OCH3 is 1. The first-order valence-corrected chi connectivity index (χ1v) is 11.1. The molecular formula is C17H18F3N5O8S2. The summed E-state index contributed by atoms with van der Waals surface area (Å²) in [6.45, 7) is 0.109. The molecule has 0 aliphatic carbocycles. The molecule has 3 heterocycles. The first-order valence-electron chi connectivity index (χ1n) is 9.15. The third-order valence-corrected chi connectivity index (χ3v) is 6.27. The van der Waals surface area contributed by atoms with E-state index in [-0.39, 0.29) is 28.8 Å². The van der Waals surface area contributed by atoms with E-state index in [1.54, 1.807) is 5.38 Å². The molecule has 0 saturated carbocycles. The lowest BCUT2D eigenvalue weighted by Gasteiger charge is -2.49. The van der Waals surface area contributed by atoms with Crippen molar-refractivity contribution in [3.63, 3.8) is 0 Å². The van der Waals surface area contributed by atoms with E-state index in [0.29, 0.717) is 11.3 Å². The lowest BCUT2D eigenvalue weighted by atomic mass is 10.0. The van der Waals surface area contributed by atoms with Gasteiger partial charge in [0.25, 0.3) is 11.8 Å². The Morgan fingerprint density at radius 2 is 1.97 bits per heavy atom. The van der Waals surface area contributed by atoms with E-state index in [9.17, 15) is 32.7 Å². The molecule has 0 bridgehead atoms. The summed E-state index contributed by atoms with van der Waals surface area (Å²) in [5.41, 5.74) is 6.09. The smallest absolute Gasteiger partial charge is 0.477 e. The van der Waals surface area contributed by atoms with Gasteiger partial charge in [0.2, 0.25) is 0 Å². The van der Waals surface area contributed by atoms with Crippen LogP contribution in [0.15, 0.2) is 21.8 Å². The van der Waals surface area contributed by atoms with E-state index in [0.717, 1.165) is 11.3 Å². The van der Waals surface area contributed by atoms with Gasteiger partial charge in [0.1, 0.15) is 29.9 Å². The number of nitrogen functional groups attached to an aromatic ring is 1. The number of halogens is 3. The maximum absolute atomic E-state index is 12.6. The number of amides is 2. The number of carbonyl (C=O) groups excluding carboxylic acids is 2. The number of hydrogen-bond donors (Lipinski definition) is 4. The zero-order chi connectivity index (χ0) is 26.5. The van der Waals surface area contributed by atoms with Gasteiger partial charge in [-0.25, -0.2) is 14.6 Å². The largest absolute Gasteiger partial charge is 0.490 e. The van der Waals surface area contributed by atoms with Crippen LogP contribution >= 0.6 is 23.1 Å². The molecule has 1 aromatic heterocycles. The Morgan fingerprint density at radius 1 is 1.34 bits per heavy atom. The number of hydrogen-bond acceptors (Lipinski definition) is 11. The Hall–Kier alpha value is -3.38. The number of aromatic nitrogens is 1. The number of nitrogens with two attached hydrogens (primary N) is 1. The van der Waals surface area contributed by atoms with Crippen molar-refractivity contribution in [3.05, 3.63) is 22.3 Å². The molecule has 2 aliphatic heterocycles. The average Bonchev–Trinajstić information content (AvgIpc) is 3.20. The molecule has 2 atom stereocenters. The number of β-lactam (4-membered cyclic amide) rings is 1. The fourth-order valence-corrected chi connectivity index (χ4v) is 4.75. The molecular weight excluding hydrogens is 523 g/mol. The van der Waals surface area contributed by atoms with Gasteiger partial charge in [0.15, 0.2) is 10.8 Å². The van der Waals surface area contributed by atoms with Crippen molar-refractivity contribution in [3.8, 4) is 0 Å². The maximum atomic E-state index is 12.6. The van der Waals surface area contributed by atoms with Crippen LogP contribution in [0.1, 0.15) is 5.69 Å². The molecule has 1 fully saturated rings. The number of carboxylic acids is 2. The van der Waals surface area contributed by atoms with Gasteiger partial charge >= 0.3 is 18.1 Å². The molecule has 0 spiro atoms. The van der Waals surface area contributed by atoms with Crippen molar-refractivity contribution in [2.75, 3.05) is 32.3 Å². The number of carboxylic acid groups (broad SMARTS) is 2. The number of nitrogens with zero attached hydrogens (tertiary/aromatic N) is 3. The molecule has 1 saturated heterocycles. The van der Waals surface area contributed by atoms with E-state index >= 15 is 0 Å². The van der Waals surface area contributed by atoms with Crippen molar-refractivity contribution in [2.24, 2.45) is 5.16 Å². The van der Waals surface area contributed by atoms with Crippen LogP contribution in [0.25, 0.3) is 0 Å². The van der Waals surface area contributed by atoms with E-state index in [1.165, 1.54) is 30.9 Å². The highest BCUT2D eigenvalue weighted by atomic mass is 32.2. The summed E-state index contributed by atoms with van der Waals surface area (Å²) < 4.78 is 36.8. The Labute approximate surface area is 202 Å². The zero-order valence-electron chi connectivity index (χ0n) is 17.9. The standard InChI is InChI=1S/C15H17N5O6S2.C2HF3O2/c1-25-3-6-4-27-13-9(12(22)20(13)10(6)14(23)24)18-11(21)8(19-26-2)7-5-28-15(16)17-7;3-2(4,5)1(6)7/h5,9,13H,3-4H2,1-2H3,(H2,16,17)(H,18,21)(H,23,24);(H,6,7)/t9?,13-;/m0./s1. The number of nitrogens with one attached hydrogen (secondary N) is 1. The zero-order valence-corrected chi connectivity index (χ0v) is 19.5. The molecule has 1 unspecified atom stereocenters. The van der Waals surface area contributed by atoms with Gasteiger partial charge in [-0.05, 0) is 5.57 Å². The van der Waals surface area contributed by atoms with Gasteiger partial charge in [-0.15, -0.1) is 23.1 Å². The second kappa shape index (κ2) is 11.4. The molecule has 13 nitrogen and oxygen atoms in total. The number of rotatable bonds is 7. The fraction of sp³-hybridized carbons (Fsp3) is 0.412. The molecule has 1 aromatic rings. The van der Waals surface area contributed by atoms with Crippen molar-refractivity contribution in [1.82, 2.24) is 15.2 Å². The van der Waals surface area contributed by atoms with Gasteiger partial charge in [-0.2, -0.15) is 13.2 Å². The second-order valence-corrected chi connectivity index (χ2v) is 8.54. The van der Waals surface area contributed by atoms with Gasteiger partial charge in [0, 0.05) is 18.2 Å². The van der Waals surface area contributed by atoms with Crippen LogP contribution < -0.4 is 11.1 Å². The average molecular weight is 541 g/mol. The van der Waals surface area contributed by atoms with E-state index in [2.05, 4.69) is 15.5 Å². The van der Waals surface area contributed by atoms with Crippen LogP contribution in [0.4, 0.5) is 18.3 Å². The number of carbonyl (C=O) groups is 4. The van der Waals surface area contributed by atoms with Crippen molar-refractivity contribution in [1.29, 1.82) is 0 Å². The van der Waals surface area contributed by atoms with Crippen LogP contribution in [0.3, 0.4) is 0 Å². The SMILES string of the molecule is COCC1=C(C(=O)O)N2C(=O)C(NC(=O)C(=NOC)c3csc(N)n3)[C@@H]2SC1.O=C(O)C(F)(F)F. The van der Waals surface area contributed by atoms with Crippen LogP contribution in [0.5, 0.6) is 0 Å². The van der Waals surface area contributed by atoms with Crippen LogP contribution in [0, 0.1) is 0 Å². The van der Waals surface area contributed by atoms with Crippen LogP contribution in [-0.2, 0) is 28.8 Å². The first-order chi connectivity index (χ1) is 16.3. The predicted octanol–water partition coefficient (Wildman–Crippen LogP) is 0.0941. The van der Waals surface area contributed by atoms with Crippen molar-refractivity contribution < 1.29 is 52.1 Å². The molecule has 5 N–H and O–H groups in total. The minimum absolute atomic E-state index is 0.0980. The second-order valence-electron chi connectivity index (χ2n) is 6.55. The number of anilines is 1. The highest BCUT2D eigenvalue weighted by Gasteiger charge is 2.54. The maximum Gasteiger partial charge on any atom is 0.490 e. The highest BCUT2D eigenvalue weighted by Crippen LogP contribution is 2.40. The summed E-state index contributed by atoms with van der Waals surface area (Å²) in [5.74, 6) is -4.79. The normalized spacial score (nSPS) is 19.7. The van der Waals surface area contributed by atoms with Crippen LogP contribution in [0.2, 0.25) is 0 Å². The number of ether oxygens (including phenoxy) is 1. The number of thiazole rings is 1. The molecule has 2 amide bonds. The Balaban J connectivity index is 0.000000540. The molecule has 2 aliphatic rings. The lowest BCUT2D eigenvalue weighted by Crippen LogP contribution is -2.71. The number of aliphatic carboxylic acids is 2. The van der Waals surface area contributed by atoms with E-state index in [1.807, 2.05) is 0 Å². The molecule has 0 radical (unpaired) electrons. The van der Waals surface area contributed by atoms with Gasteiger partial charge in [-0.3, -0.25) is 14.5 Å². The minimum Gasteiger partial charge on any atom is -0.477 e. The first kappa shape index (κ1) is 27.9. The Morgan fingerprint density at radius 3 is 2.43 bits per heavy atom. The predicted molar refractivity (Wildman–Crippen MR) is 115 cm³/mol. The molecule has 3 rings (SSSR count). The topological polar surface area (TPSA) is 194 Å². The van der Waals surface area contributed by atoms with Crippen molar-refractivity contribution >= 4 is 57.7 Å².